The van der Waals surface area contributed by atoms with Crippen LogP contribution in [0.3, 0.4) is 0 Å². The molecule has 36 heavy (non-hydrogen) atoms. The number of halogens is 1. The third-order valence-corrected chi connectivity index (χ3v) is 6.63. The number of hydrogen-bond donors (Lipinski definition) is 3. The van der Waals surface area contributed by atoms with Crippen LogP contribution in [0.1, 0.15) is 18.1 Å². The molecule has 0 aliphatic carbocycles. The number of allylic oxidation sites excluding steroid dienone is 1. The number of para-hydroxylation sites is 1. The summed E-state index contributed by atoms with van der Waals surface area (Å²) in [5.41, 5.74) is 6.44. The molecule has 0 aliphatic heterocycles. The van der Waals surface area contributed by atoms with E-state index in [1.165, 1.54) is 0 Å². The van der Waals surface area contributed by atoms with E-state index in [4.69, 9.17) is 11.6 Å². The monoisotopic (exact) mass is 501 g/mol. The lowest BCUT2D eigenvalue weighted by Crippen LogP contribution is -2.32. The maximum atomic E-state index is 13.3. The van der Waals surface area contributed by atoms with E-state index in [2.05, 4.69) is 39.3 Å². The number of benzene rings is 3. The van der Waals surface area contributed by atoms with Crippen LogP contribution in [0.2, 0.25) is 5.02 Å². The molecule has 0 aliphatic rings. The summed E-state index contributed by atoms with van der Waals surface area (Å²) in [4.78, 5) is 23.1. The molecule has 7 heteroatoms. The molecule has 3 aromatic carbocycles. The van der Waals surface area contributed by atoms with Crippen LogP contribution < -0.4 is 16.1 Å². The summed E-state index contributed by atoms with van der Waals surface area (Å²) in [7, 11) is 2.09. The maximum absolute atomic E-state index is 13.3. The average Bonchev–Trinajstić information content (AvgIpc) is 2.88. The van der Waals surface area contributed by atoms with E-state index in [0.29, 0.717) is 15.8 Å². The molecule has 0 bridgehead atoms. The second-order valence-corrected chi connectivity index (χ2v) is 9.29. The topological polar surface area (TPSA) is 72.5 Å². The number of aryl methyl sites for hydroxylation is 1. The number of likely N-dealkylation sites (N-methyl/N-ethyl adjacent to an activating group) is 1. The number of nitrogens with zero attached hydrogens (tertiary/aromatic N) is 2. The smallest absolute Gasteiger partial charge is 0.199 e. The SMILES string of the molecule is C=Nc1cc(Cl)ccc1/C(=C\C)NCCN(C)CCNc1ccc(C)c2[nH]c3ccccc3c(=O)c12. The second-order valence-electron chi connectivity index (χ2n) is 8.86. The van der Waals surface area contributed by atoms with Gasteiger partial charge in [-0.1, -0.05) is 35.9 Å². The normalized spacial score (nSPS) is 11.9. The summed E-state index contributed by atoms with van der Waals surface area (Å²) < 4.78 is 0. The standard InChI is InChI=1S/C29H32ClN5O/c1-5-23(21-12-11-20(30)18-26(21)31-3)32-14-16-35(4)17-15-33-25-13-10-19(2)28-27(25)29(36)22-8-6-7-9-24(22)34-28/h5-13,18,32-33H,3,14-17H2,1-2,4H3,(H,34,36)/b23-5+. The second kappa shape index (κ2) is 11.4. The molecule has 0 fully saturated rings. The first kappa shape index (κ1) is 25.5. The van der Waals surface area contributed by atoms with E-state index in [9.17, 15) is 4.79 Å². The summed E-state index contributed by atoms with van der Waals surface area (Å²) in [5, 5.41) is 9.04. The molecular weight excluding hydrogens is 470 g/mol. The van der Waals surface area contributed by atoms with Gasteiger partial charge < -0.3 is 20.5 Å². The van der Waals surface area contributed by atoms with Crippen LogP contribution in [0.5, 0.6) is 0 Å². The molecule has 186 valence electrons. The van der Waals surface area contributed by atoms with E-state index in [-0.39, 0.29) is 5.43 Å². The highest BCUT2D eigenvalue weighted by atomic mass is 35.5. The van der Waals surface area contributed by atoms with Crippen LogP contribution in [0.25, 0.3) is 27.5 Å². The summed E-state index contributed by atoms with van der Waals surface area (Å²) in [6.07, 6.45) is 2.03. The number of pyridine rings is 1. The lowest BCUT2D eigenvalue weighted by molar-refractivity contribution is 0.351. The summed E-state index contributed by atoms with van der Waals surface area (Å²) in [6.45, 7) is 10.8. The van der Waals surface area contributed by atoms with E-state index in [1.807, 2.05) is 74.5 Å². The van der Waals surface area contributed by atoms with Gasteiger partial charge in [-0.15, -0.1) is 0 Å². The van der Waals surface area contributed by atoms with Crippen molar-refractivity contribution in [3.05, 3.63) is 87.0 Å². The molecule has 4 aromatic rings. The van der Waals surface area contributed by atoms with Gasteiger partial charge in [-0.05, 0) is 69.6 Å². The Balaban J connectivity index is 1.37. The van der Waals surface area contributed by atoms with Crippen molar-refractivity contribution < 1.29 is 0 Å². The van der Waals surface area contributed by atoms with Crippen molar-refractivity contribution in [2.24, 2.45) is 4.99 Å². The Kier molecular flexibility index (Phi) is 8.08. The first-order valence-electron chi connectivity index (χ1n) is 12.1. The Morgan fingerprint density at radius 2 is 1.92 bits per heavy atom. The van der Waals surface area contributed by atoms with E-state index < -0.39 is 0 Å². The summed E-state index contributed by atoms with van der Waals surface area (Å²) in [6, 6.07) is 17.3. The molecule has 4 rings (SSSR count). The van der Waals surface area contributed by atoms with Crippen LogP contribution in [0, 0.1) is 6.92 Å². The molecule has 0 radical (unpaired) electrons. The van der Waals surface area contributed by atoms with Crippen molar-refractivity contribution in [1.82, 2.24) is 15.2 Å². The number of aliphatic imine (C=N–C) groups is 1. The average molecular weight is 502 g/mol. The molecule has 6 nitrogen and oxygen atoms in total. The van der Waals surface area contributed by atoms with Gasteiger partial charge in [-0.2, -0.15) is 0 Å². The van der Waals surface area contributed by atoms with Gasteiger partial charge in [0.15, 0.2) is 5.43 Å². The molecule has 0 spiro atoms. The first-order valence-corrected chi connectivity index (χ1v) is 12.4. The minimum atomic E-state index is 0.0533. The van der Waals surface area contributed by atoms with Gasteiger partial charge in [-0.25, -0.2) is 0 Å². The van der Waals surface area contributed by atoms with Crippen molar-refractivity contribution in [2.75, 3.05) is 38.5 Å². The molecule has 0 unspecified atom stereocenters. The molecule has 0 atom stereocenters. The Morgan fingerprint density at radius 1 is 1.14 bits per heavy atom. The number of aromatic nitrogens is 1. The number of anilines is 1. The maximum Gasteiger partial charge on any atom is 0.199 e. The lowest BCUT2D eigenvalue weighted by Gasteiger charge is -2.20. The number of nitrogens with one attached hydrogen (secondary N) is 3. The predicted molar refractivity (Wildman–Crippen MR) is 155 cm³/mol. The molecule has 0 saturated carbocycles. The number of fused-ring (bicyclic) bond motifs is 2. The molecular formula is C29H32ClN5O. The fraction of sp³-hybridized carbons (Fsp3) is 0.241. The zero-order valence-corrected chi connectivity index (χ0v) is 21.7. The highest BCUT2D eigenvalue weighted by molar-refractivity contribution is 6.30. The van der Waals surface area contributed by atoms with Crippen LogP contribution in [0.4, 0.5) is 11.4 Å². The molecule has 1 aromatic heterocycles. The molecule has 1 heterocycles. The van der Waals surface area contributed by atoms with Crippen molar-refractivity contribution in [1.29, 1.82) is 0 Å². The number of H-pyrrole nitrogens is 1. The zero-order valence-electron chi connectivity index (χ0n) is 21.0. The van der Waals surface area contributed by atoms with Gasteiger partial charge in [-0.3, -0.25) is 9.79 Å². The van der Waals surface area contributed by atoms with Gasteiger partial charge in [0.2, 0.25) is 0 Å². The third kappa shape index (κ3) is 5.45. The van der Waals surface area contributed by atoms with Crippen LogP contribution in [0.15, 0.2) is 70.5 Å². The molecule has 0 amide bonds. The first-order chi connectivity index (χ1) is 17.4. The van der Waals surface area contributed by atoms with Crippen molar-refractivity contribution in [3.8, 4) is 0 Å². The highest BCUT2D eigenvalue weighted by Gasteiger charge is 2.12. The molecule has 3 N–H and O–H groups in total. The Bertz CT molecular complexity index is 1490. The van der Waals surface area contributed by atoms with Crippen LogP contribution >= 0.6 is 11.6 Å². The fourth-order valence-electron chi connectivity index (χ4n) is 4.40. The highest BCUT2D eigenvalue weighted by Crippen LogP contribution is 2.28. The van der Waals surface area contributed by atoms with Gasteiger partial charge in [0, 0.05) is 59.1 Å². The fourth-order valence-corrected chi connectivity index (χ4v) is 4.57. The number of hydrogen-bond acceptors (Lipinski definition) is 5. The van der Waals surface area contributed by atoms with Crippen LogP contribution in [-0.2, 0) is 0 Å². The Morgan fingerprint density at radius 3 is 2.69 bits per heavy atom. The predicted octanol–water partition coefficient (Wildman–Crippen LogP) is 5.97. The lowest BCUT2D eigenvalue weighted by atomic mass is 10.1. The van der Waals surface area contributed by atoms with Crippen molar-refractivity contribution in [2.45, 2.75) is 13.8 Å². The third-order valence-electron chi connectivity index (χ3n) is 6.40. The van der Waals surface area contributed by atoms with E-state index >= 15 is 0 Å². The minimum Gasteiger partial charge on any atom is -0.383 e. The van der Waals surface area contributed by atoms with Gasteiger partial charge in [0.05, 0.1) is 16.6 Å². The number of rotatable bonds is 10. The summed E-state index contributed by atoms with van der Waals surface area (Å²) >= 11 is 6.10. The van der Waals surface area contributed by atoms with E-state index in [1.54, 1.807) is 0 Å². The molecule has 0 saturated heterocycles. The van der Waals surface area contributed by atoms with Crippen LogP contribution in [-0.4, -0.2) is 49.8 Å². The van der Waals surface area contributed by atoms with Gasteiger partial charge >= 0.3 is 0 Å². The summed E-state index contributed by atoms with van der Waals surface area (Å²) in [5.74, 6) is 0. The van der Waals surface area contributed by atoms with Crippen molar-refractivity contribution in [3.63, 3.8) is 0 Å². The quantitative estimate of drug-likeness (QED) is 0.185. The minimum absolute atomic E-state index is 0.0533. The Hall–Kier alpha value is -3.61. The van der Waals surface area contributed by atoms with Gasteiger partial charge in [0.25, 0.3) is 0 Å². The zero-order chi connectivity index (χ0) is 25.7. The van der Waals surface area contributed by atoms with Crippen molar-refractivity contribution >= 4 is 57.2 Å². The van der Waals surface area contributed by atoms with E-state index in [0.717, 1.165) is 65.4 Å². The van der Waals surface area contributed by atoms with Gasteiger partial charge in [0.1, 0.15) is 0 Å². The Labute approximate surface area is 216 Å². The largest absolute Gasteiger partial charge is 0.383 e. The number of aromatic amines is 1.